The number of hydrogen-bond acceptors (Lipinski definition) is 7. The van der Waals surface area contributed by atoms with Crippen LogP contribution in [0.1, 0.15) is 51.6 Å². The number of imidazole rings is 1. The summed E-state index contributed by atoms with van der Waals surface area (Å²) in [5.41, 5.74) is 11.6. The van der Waals surface area contributed by atoms with Gasteiger partial charge in [0.1, 0.15) is 18.1 Å². The third-order valence-electron chi connectivity index (χ3n) is 5.79. The summed E-state index contributed by atoms with van der Waals surface area (Å²) in [6.07, 6.45) is 4.15. The zero-order chi connectivity index (χ0) is 26.1. The molecule has 0 bridgehead atoms. The van der Waals surface area contributed by atoms with Gasteiger partial charge in [-0.25, -0.2) is 9.78 Å². The van der Waals surface area contributed by atoms with E-state index >= 15 is 0 Å². The normalized spacial score (nSPS) is 18.1. The van der Waals surface area contributed by atoms with Crippen LogP contribution in [0.25, 0.3) is 0 Å². The molecule has 8 N–H and O–H groups in total. The van der Waals surface area contributed by atoms with E-state index in [2.05, 4.69) is 20.6 Å². The van der Waals surface area contributed by atoms with Crippen molar-refractivity contribution in [2.75, 3.05) is 6.54 Å². The largest absolute Gasteiger partial charge is 0.480 e. The first-order valence-electron chi connectivity index (χ1n) is 11.6. The highest BCUT2D eigenvalue weighted by Crippen LogP contribution is 2.20. The Labute approximate surface area is 203 Å². The maximum atomic E-state index is 13.1. The van der Waals surface area contributed by atoms with Crippen LogP contribution >= 0.6 is 0 Å². The number of aromatic nitrogens is 2. The summed E-state index contributed by atoms with van der Waals surface area (Å²) in [6, 6.07) is -4.00. The van der Waals surface area contributed by atoms with Crippen LogP contribution in [0.4, 0.5) is 0 Å². The number of carbonyl (C=O) groups excluding carboxylic acids is 4. The van der Waals surface area contributed by atoms with Crippen molar-refractivity contribution in [3.63, 3.8) is 0 Å². The fourth-order valence-corrected chi connectivity index (χ4v) is 4.00. The summed E-state index contributed by atoms with van der Waals surface area (Å²) in [4.78, 5) is 69.5. The molecule has 0 spiro atoms. The van der Waals surface area contributed by atoms with Crippen LogP contribution in [-0.4, -0.2) is 80.3 Å². The molecule has 2 heterocycles. The molecule has 0 aromatic carbocycles. The minimum Gasteiger partial charge on any atom is -0.480 e. The third kappa shape index (κ3) is 8.35. The Morgan fingerprint density at radius 1 is 1.23 bits per heavy atom. The number of nitrogens with one attached hydrogen (secondary N) is 3. The van der Waals surface area contributed by atoms with Gasteiger partial charge in [-0.1, -0.05) is 13.8 Å². The first-order valence-corrected chi connectivity index (χ1v) is 11.6. The number of carboxylic acid groups (broad SMARTS) is 1. The highest BCUT2D eigenvalue weighted by molar-refractivity contribution is 5.94. The second-order valence-electron chi connectivity index (χ2n) is 9.17. The van der Waals surface area contributed by atoms with Crippen LogP contribution in [0.15, 0.2) is 12.5 Å². The van der Waals surface area contributed by atoms with Gasteiger partial charge >= 0.3 is 5.97 Å². The predicted molar refractivity (Wildman–Crippen MR) is 124 cm³/mol. The number of hydrogen-bond donors (Lipinski definition) is 6. The molecule has 1 aromatic rings. The van der Waals surface area contributed by atoms with Crippen molar-refractivity contribution >= 4 is 29.6 Å². The van der Waals surface area contributed by atoms with E-state index in [0.717, 1.165) is 0 Å². The number of carboxylic acids is 1. The lowest BCUT2D eigenvalue weighted by molar-refractivity contribution is -0.143. The van der Waals surface area contributed by atoms with Gasteiger partial charge in [0.25, 0.3) is 0 Å². The molecular weight excluding hydrogens is 458 g/mol. The SMILES string of the molecule is CC(C)CC(NC(=O)C1CCCN1C(=O)C(N)CCC(N)=O)C(=O)NC(Cc1cnc[nH]1)C(=O)O. The van der Waals surface area contributed by atoms with Gasteiger partial charge in [-0.3, -0.25) is 19.2 Å². The van der Waals surface area contributed by atoms with Crippen LogP contribution in [0.5, 0.6) is 0 Å². The van der Waals surface area contributed by atoms with E-state index in [1.54, 1.807) is 0 Å². The standard InChI is InChI=1S/C22H35N7O6/c1-12(2)8-15(19(31)28-16(22(34)35)9-13-10-25-11-26-13)27-20(32)17-4-3-7-29(17)21(33)14(23)5-6-18(24)30/h10-12,14-17H,3-9,23H2,1-2H3,(H2,24,30)(H,25,26)(H,27,32)(H,28,31)(H,34,35). The van der Waals surface area contributed by atoms with Crippen molar-refractivity contribution in [2.45, 2.75) is 76.5 Å². The molecule has 1 aliphatic rings. The molecule has 0 aliphatic carbocycles. The Balaban J connectivity index is 2.07. The van der Waals surface area contributed by atoms with E-state index in [-0.39, 0.29) is 31.6 Å². The quantitative estimate of drug-likeness (QED) is 0.192. The van der Waals surface area contributed by atoms with Crippen molar-refractivity contribution in [1.82, 2.24) is 25.5 Å². The Hall–Kier alpha value is -3.48. The number of aliphatic carboxylic acids is 1. The topological polar surface area (TPSA) is 214 Å². The number of aromatic amines is 1. The molecule has 2 rings (SSSR count). The number of primary amides is 1. The van der Waals surface area contributed by atoms with Crippen LogP contribution in [-0.2, 0) is 30.4 Å². The molecule has 13 nitrogen and oxygen atoms in total. The highest BCUT2D eigenvalue weighted by Gasteiger charge is 2.38. The van der Waals surface area contributed by atoms with Crippen LogP contribution in [0, 0.1) is 5.92 Å². The van der Waals surface area contributed by atoms with Crippen molar-refractivity contribution in [2.24, 2.45) is 17.4 Å². The van der Waals surface area contributed by atoms with Crippen LogP contribution in [0.2, 0.25) is 0 Å². The Bertz CT molecular complexity index is 904. The maximum absolute atomic E-state index is 13.1. The average Bonchev–Trinajstić information content (AvgIpc) is 3.47. The van der Waals surface area contributed by atoms with E-state index < -0.39 is 53.8 Å². The molecular formula is C22H35N7O6. The Morgan fingerprint density at radius 2 is 1.94 bits per heavy atom. The van der Waals surface area contributed by atoms with Gasteiger partial charge < -0.3 is 37.1 Å². The molecule has 35 heavy (non-hydrogen) atoms. The molecule has 1 saturated heterocycles. The maximum Gasteiger partial charge on any atom is 0.326 e. The fraction of sp³-hybridized carbons (Fsp3) is 0.636. The van der Waals surface area contributed by atoms with Gasteiger partial charge in [0.2, 0.25) is 23.6 Å². The van der Waals surface area contributed by atoms with Crippen molar-refractivity contribution in [3.05, 3.63) is 18.2 Å². The van der Waals surface area contributed by atoms with Crippen molar-refractivity contribution < 1.29 is 29.1 Å². The number of nitrogens with two attached hydrogens (primary N) is 2. The van der Waals surface area contributed by atoms with E-state index in [1.165, 1.54) is 17.4 Å². The zero-order valence-corrected chi connectivity index (χ0v) is 20.0. The molecule has 1 fully saturated rings. The molecule has 0 saturated carbocycles. The fourth-order valence-electron chi connectivity index (χ4n) is 4.00. The van der Waals surface area contributed by atoms with Gasteiger partial charge in [0.15, 0.2) is 0 Å². The Kier molecular flexibility index (Phi) is 10.2. The highest BCUT2D eigenvalue weighted by atomic mass is 16.4. The first-order chi connectivity index (χ1) is 16.5. The van der Waals surface area contributed by atoms with Gasteiger partial charge in [0, 0.05) is 31.3 Å². The summed E-state index contributed by atoms with van der Waals surface area (Å²) in [6.45, 7) is 4.07. The summed E-state index contributed by atoms with van der Waals surface area (Å²) in [5.74, 6) is -3.38. The van der Waals surface area contributed by atoms with E-state index in [4.69, 9.17) is 11.5 Å². The first kappa shape index (κ1) is 27.8. The number of rotatable bonds is 13. The predicted octanol–water partition coefficient (Wildman–Crippen LogP) is -1.36. The minimum atomic E-state index is -1.22. The van der Waals surface area contributed by atoms with Gasteiger partial charge in [-0.2, -0.15) is 0 Å². The van der Waals surface area contributed by atoms with Crippen LogP contribution < -0.4 is 22.1 Å². The Morgan fingerprint density at radius 3 is 2.51 bits per heavy atom. The smallest absolute Gasteiger partial charge is 0.326 e. The van der Waals surface area contributed by atoms with Gasteiger partial charge in [-0.05, 0) is 31.6 Å². The summed E-state index contributed by atoms with van der Waals surface area (Å²) in [7, 11) is 0. The van der Waals surface area contributed by atoms with Crippen molar-refractivity contribution in [1.29, 1.82) is 0 Å². The summed E-state index contributed by atoms with van der Waals surface area (Å²) >= 11 is 0. The number of H-pyrrole nitrogens is 1. The molecule has 1 aromatic heterocycles. The van der Waals surface area contributed by atoms with E-state index in [0.29, 0.717) is 25.1 Å². The van der Waals surface area contributed by atoms with E-state index in [1.807, 2.05) is 13.8 Å². The number of likely N-dealkylation sites (tertiary alicyclic amines) is 1. The number of amides is 4. The summed E-state index contributed by atoms with van der Waals surface area (Å²) < 4.78 is 0. The molecule has 4 atom stereocenters. The molecule has 13 heteroatoms. The number of nitrogens with zero attached hydrogens (tertiary/aromatic N) is 2. The third-order valence-corrected chi connectivity index (χ3v) is 5.79. The zero-order valence-electron chi connectivity index (χ0n) is 20.0. The molecule has 194 valence electrons. The van der Waals surface area contributed by atoms with Gasteiger partial charge in [-0.15, -0.1) is 0 Å². The van der Waals surface area contributed by atoms with Crippen LogP contribution in [0.3, 0.4) is 0 Å². The molecule has 4 unspecified atom stereocenters. The molecule has 1 aliphatic heterocycles. The minimum absolute atomic E-state index is 0.00247. The van der Waals surface area contributed by atoms with Gasteiger partial charge in [0.05, 0.1) is 12.4 Å². The lowest BCUT2D eigenvalue weighted by Gasteiger charge is -2.29. The molecule has 4 amide bonds. The number of carbonyl (C=O) groups is 5. The summed E-state index contributed by atoms with van der Waals surface area (Å²) in [5, 5.41) is 14.7. The lowest BCUT2D eigenvalue weighted by atomic mass is 10.0. The van der Waals surface area contributed by atoms with Crippen molar-refractivity contribution in [3.8, 4) is 0 Å². The second kappa shape index (κ2) is 12.8. The average molecular weight is 494 g/mol. The second-order valence-corrected chi connectivity index (χ2v) is 9.17. The molecule has 0 radical (unpaired) electrons. The lowest BCUT2D eigenvalue weighted by Crippen LogP contribution is -2.57. The van der Waals surface area contributed by atoms with E-state index in [9.17, 15) is 29.1 Å². The monoisotopic (exact) mass is 493 g/mol.